The number of thioether (sulfide) groups is 1. The SMILES string of the molecule is CCOc1nn(CC)cc1-c1nnc(SCC(=O)Nc2ccc(OC)cc2OC)n1CC. The second-order valence-corrected chi connectivity index (χ2v) is 7.53. The summed E-state index contributed by atoms with van der Waals surface area (Å²) in [5.41, 5.74) is 1.35. The van der Waals surface area contributed by atoms with Crippen LogP contribution < -0.4 is 19.5 Å². The van der Waals surface area contributed by atoms with Gasteiger partial charge in [-0.15, -0.1) is 15.3 Å². The van der Waals surface area contributed by atoms with Crippen LogP contribution in [-0.2, 0) is 17.9 Å². The average Bonchev–Trinajstić information content (AvgIpc) is 3.41. The predicted octanol–water partition coefficient (Wildman–Crippen LogP) is 3.33. The number of ether oxygens (including phenoxy) is 3. The van der Waals surface area contributed by atoms with E-state index in [9.17, 15) is 4.79 Å². The summed E-state index contributed by atoms with van der Waals surface area (Å²) in [6, 6.07) is 5.22. The van der Waals surface area contributed by atoms with Gasteiger partial charge in [0.25, 0.3) is 0 Å². The number of amides is 1. The molecule has 0 fully saturated rings. The minimum Gasteiger partial charge on any atom is -0.497 e. The van der Waals surface area contributed by atoms with Crippen LogP contribution in [-0.4, -0.2) is 57.0 Å². The van der Waals surface area contributed by atoms with Gasteiger partial charge >= 0.3 is 0 Å². The second-order valence-electron chi connectivity index (χ2n) is 6.59. The largest absolute Gasteiger partial charge is 0.497 e. The number of carbonyl (C=O) groups excluding carboxylic acids is 1. The Balaban J connectivity index is 1.74. The minimum absolute atomic E-state index is 0.167. The first-order chi connectivity index (χ1) is 15.5. The molecule has 0 aliphatic rings. The van der Waals surface area contributed by atoms with Gasteiger partial charge in [-0.25, -0.2) is 0 Å². The molecule has 0 atom stereocenters. The number of methoxy groups -OCH3 is 2. The number of anilines is 1. The van der Waals surface area contributed by atoms with Crippen LogP contribution in [0.1, 0.15) is 20.8 Å². The Morgan fingerprint density at radius 1 is 1.12 bits per heavy atom. The Kier molecular flexibility index (Phi) is 7.98. The lowest BCUT2D eigenvalue weighted by molar-refractivity contribution is -0.113. The molecule has 0 radical (unpaired) electrons. The molecule has 0 unspecified atom stereocenters. The van der Waals surface area contributed by atoms with Gasteiger partial charge in [0.1, 0.15) is 17.1 Å². The van der Waals surface area contributed by atoms with Crippen molar-refractivity contribution < 1.29 is 19.0 Å². The van der Waals surface area contributed by atoms with Crippen LogP contribution in [0.2, 0.25) is 0 Å². The summed E-state index contributed by atoms with van der Waals surface area (Å²) in [5, 5.41) is 16.6. The van der Waals surface area contributed by atoms with E-state index in [1.165, 1.54) is 11.8 Å². The molecular formula is C21H28N6O4S. The van der Waals surface area contributed by atoms with Crippen LogP contribution >= 0.6 is 11.8 Å². The average molecular weight is 461 g/mol. The van der Waals surface area contributed by atoms with Crippen molar-refractivity contribution in [1.82, 2.24) is 24.5 Å². The number of rotatable bonds is 11. The maximum absolute atomic E-state index is 12.6. The maximum atomic E-state index is 12.6. The highest BCUT2D eigenvalue weighted by atomic mass is 32.2. The first kappa shape index (κ1) is 23.5. The molecule has 3 rings (SSSR count). The molecule has 0 spiro atoms. The smallest absolute Gasteiger partial charge is 0.243 e. The van der Waals surface area contributed by atoms with E-state index in [0.717, 1.165) is 12.1 Å². The van der Waals surface area contributed by atoms with E-state index in [-0.39, 0.29) is 11.7 Å². The van der Waals surface area contributed by atoms with Crippen LogP contribution in [0.5, 0.6) is 17.4 Å². The van der Waals surface area contributed by atoms with Gasteiger partial charge in [-0.05, 0) is 32.9 Å². The Bertz CT molecular complexity index is 1060. The standard InChI is InChI=1S/C21H28N6O4S/c1-6-26-12-15(20(25-26)31-8-3)19-23-24-21(27(19)7-2)32-13-18(28)22-16-10-9-14(29-4)11-17(16)30-5/h9-12H,6-8,13H2,1-5H3,(H,22,28). The fourth-order valence-electron chi connectivity index (χ4n) is 3.06. The molecule has 0 aliphatic heterocycles. The third-order valence-electron chi connectivity index (χ3n) is 4.62. The lowest BCUT2D eigenvalue weighted by Gasteiger charge is -2.11. The molecule has 10 nitrogen and oxygen atoms in total. The van der Waals surface area contributed by atoms with Gasteiger partial charge in [-0.1, -0.05) is 11.8 Å². The van der Waals surface area contributed by atoms with Gasteiger partial charge in [-0.2, -0.15) is 0 Å². The Morgan fingerprint density at radius 2 is 1.94 bits per heavy atom. The lowest BCUT2D eigenvalue weighted by Crippen LogP contribution is -2.15. The Hall–Kier alpha value is -3.21. The first-order valence-corrected chi connectivity index (χ1v) is 11.3. The zero-order valence-corrected chi connectivity index (χ0v) is 19.7. The van der Waals surface area contributed by atoms with Gasteiger partial charge in [0.05, 0.1) is 32.3 Å². The lowest BCUT2D eigenvalue weighted by atomic mass is 10.2. The zero-order chi connectivity index (χ0) is 23.1. The van der Waals surface area contributed by atoms with Crippen molar-refractivity contribution in [2.75, 3.05) is 31.9 Å². The van der Waals surface area contributed by atoms with E-state index in [2.05, 4.69) is 20.6 Å². The van der Waals surface area contributed by atoms with Crippen LogP contribution in [0.4, 0.5) is 5.69 Å². The molecule has 0 saturated carbocycles. The molecule has 11 heteroatoms. The molecule has 172 valence electrons. The summed E-state index contributed by atoms with van der Waals surface area (Å²) < 4.78 is 20.0. The monoisotopic (exact) mass is 460 g/mol. The fraction of sp³-hybridized carbons (Fsp3) is 0.429. The molecule has 0 bridgehead atoms. The molecule has 3 aromatic rings. The fourth-order valence-corrected chi connectivity index (χ4v) is 3.86. The molecule has 0 aliphatic carbocycles. The molecule has 1 N–H and O–H groups in total. The van der Waals surface area contributed by atoms with Gasteiger partial charge in [-0.3, -0.25) is 9.48 Å². The number of nitrogens with zero attached hydrogens (tertiary/aromatic N) is 5. The summed E-state index contributed by atoms with van der Waals surface area (Å²) in [6.07, 6.45) is 1.90. The third-order valence-corrected chi connectivity index (χ3v) is 5.59. The quantitative estimate of drug-likeness (QED) is 0.435. The van der Waals surface area contributed by atoms with Crippen molar-refractivity contribution in [3.63, 3.8) is 0 Å². The highest BCUT2D eigenvalue weighted by molar-refractivity contribution is 7.99. The van der Waals surface area contributed by atoms with E-state index < -0.39 is 0 Å². The summed E-state index contributed by atoms with van der Waals surface area (Å²) >= 11 is 1.31. The summed E-state index contributed by atoms with van der Waals surface area (Å²) in [4.78, 5) is 12.6. The number of hydrogen-bond acceptors (Lipinski definition) is 8. The van der Waals surface area contributed by atoms with E-state index >= 15 is 0 Å². The number of hydrogen-bond donors (Lipinski definition) is 1. The molecule has 2 heterocycles. The summed E-state index contributed by atoms with van der Waals surface area (Å²) in [6.45, 7) is 7.79. The first-order valence-electron chi connectivity index (χ1n) is 10.3. The number of nitrogens with one attached hydrogen (secondary N) is 1. The Morgan fingerprint density at radius 3 is 2.59 bits per heavy atom. The summed E-state index contributed by atoms with van der Waals surface area (Å²) in [7, 11) is 3.12. The topological polar surface area (TPSA) is 105 Å². The Labute approximate surface area is 191 Å². The highest BCUT2D eigenvalue weighted by Gasteiger charge is 2.21. The van der Waals surface area contributed by atoms with Crippen molar-refractivity contribution in [2.45, 2.75) is 39.0 Å². The van der Waals surface area contributed by atoms with E-state index in [4.69, 9.17) is 14.2 Å². The van der Waals surface area contributed by atoms with E-state index in [1.54, 1.807) is 37.1 Å². The number of aromatic nitrogens is 5. The maximum Gasteiger partial charge on any atom is 0.243 e. The molecule has 1 aromatic carbocycles. The van der Waals surface area contributed by atoms with E-state index in [0.29, 0.717) is 47.2 Å². The summed E-state index contributed by atoms with van der Waals surface area (Å²) in [5.74, 6) is 2.35. The zero-order valence-electron chi connectivity index (χ0n) is 18.9. The third kappa shape index (κ3) is 5.16. The van der Waals surface area contributed by atoms with Gasteiger partial charge in [0.2, 0.25) is 11.8 Å². The predicted molar refractivity (Wildman–Crippen MR) is 123 cm³/mol. The number of aryl methyl sites for hydroxylation is 1. The van der Waals surface area contributed by atoms with Crippen molar-refractivity contribution >= 4 is 23.4 Å². The van der Waals surface area contributed by atoms with Crippen LogP contribution in [0, 0.1) is 0 Å². The molecule has 2 aromatic heterocycles. The number of benzene rings is 1. The van der Waals surface area contributed by atoms with Crippen LogP contribution in [0.3, 0.4) is 0 Å². The molecular weight excluding hydrogens is 432 g/mol. The second kappa shape index (κ2) is 10.9. The van der Waals surface area contributed by atoms with E-state index in [1.807, 2.05) is 31.5 Å². The van der Waals surface area contributed by atoms with Gasteiger partial charge in [0, 0.05) is 25.4 Å². The van der Waals surface area contributed by atoms with Crippen molar-refractivity contribution in [3.8, 4) is 28.8 Å². The molecule has 32 heavy (non-hydrogen) atoms. The highest BCUT2D eigenvalue weighted by Crippen LogP contribution is 2.31. The van der Waals surface area contributed by atoms with Crippen LogP contribution in [0.25, 0.3) is 11.4 Å². The minimum atomic E-state index is -0.181. The van der Waals surface area contributed by atoms with Gasteiger partial charge in [0.15, 0.2) is 11.0 Å². The van der Waals surface area contributed by atoms with Crippen molar-refractivity contribution in [1.29, 1.82) is 0 Å². The molecule has 0 saturated heterocycles. The van der Waals surface area contributed by atoms with Gasteiger partial charge < -0.3 is 24.1 Å². The van der Waals surface area contributed by atoms with Crippen molar-refractivity contribution in [3.05, 3.63) is 24.4 Å². The molecule has 1 amide bonds. The normalized spacial score (nSPS) is 10.8. The number of carbonyl (C=O) groups is 1. The van der Waals surface area contributed by atoms with Crippen LogP contribution in [0.15, 0.2) is 29.6 Å². The van der Waals surface area contributed by atoms with Crippen molar-refractivity contribution in [2.24, 2.45) is 0 Å².